The number of aromatic amines is 1. The van der Waals surface area contributed by atoms with Crippen LogP contribution in [0.5, 0.6) is 0 Å². The van der Waals surface area contributed by atoms with E-state index in [1.54, 1.807) is 6.07 Å². The average molecular weight is 361 g/mol. The van der Waals surface area contributed by atoms with Crippen LogP contribution in [0.1, 0.15) is 23.1 Å². The van der Waals surface area contributed by atoms with Gasteiger partial charge in [0, 0.05) is 23.6 Å². The lowest BCUT2D eigenvalue weighted by Crippen LogP contribution is -2.39. The van der Waals surface area contributed by atoms with Gasteiger partial charge in [0.2, 0.25) is 5.91 Å². The van der Waals surface area contributed by atoms with Crippen LogP contribution in [0, 0.1) is 13.8 Å². The molecule has 1 aromatic heterocycles. The van der Waals surface area contributed by atoms with Crippen LogP contribution >= 0.6 is 0 Å². The fourth-order valence-electron chi connectivity index (χ4n) is 3.71. The summed E-state index contributed by atoms with van der Waals surface area (Å²) in [6, 6.07) is 13.4. The third-order valence-corrected chi connectivity index (χ3v) is 5.11. The summed E-state index contributed by atoms with van der Waals surface area (Å²) in [6.07, 6.45) is 3.03. The van der Waals surface area contributed by atoms with Gasteiger partial charge < -0.3 is 10.3 Å². The van der Waals surface area contributed by atoms with Gasteiger partial charge in [-0.3, -0.25) is 9.59 Å². The molecule has 0 aliphatic carbocycles. The molecular weight excluding hydrogens is 338 g/mol. The first kappa shape index (κ1) is 17.5. The second-order valence-electron chi connectivity index (χ2n) is 7.23. The molecule has 1 atom stereocenters. The molecule has 5 nitrogen and oxygen atoms in total. The zero-order chi connectivity index (χ0) is 19.0. The van der Waals surface area contributed by atoms with E-state index in [-0.39, 0.29) is 18.2 Å². The lowest BCUT2D eigenvalue weighted by Gasteiger charge is -2.16. The quantitative estimate of drug-likeness (QED) is 0.686. The van der Waals surface area contributed by atoms with Crippen molar-refractivity contribution in [3.8, 4) is 0 Å². The molecule has 0 saturated carbocycles. The van der Waals surface area contributed by atoms with Crippen molar-refractivity contribution in [1.29, 1.82) is 0 Å². The second kappa shape index (κ2) is 7.00. The van der Waals surface area contributed by atoms with E-state index in [1.165, 1.54) is 21.4 Å². The SMILES string of the molecule is Cc1cccc(N2C(=O)C[C@@H](NCCc3c[nH]c4ccc(C)cc34)C2=O)c1. The minimum Gasteiger partial charge on any atom is -0.361 e. The molecule has 1 aliphatic rings. The molecular formula is C22H23N3O2. The van der Waals surface area contributed by atoms with Crippen molar-refractivity contribution in [2.45, 2.75) is 32.7 Å². The summed E-state index contributed by atoms with van der Waals surface area (Å²) < 4.78 is 0. The fourth-order valence-corrected chi connectivity index (χ4v) is 3.71. The van der Waals surface area contributed by atoms with Crippen LogP contribution in [-0.4, -0.2) is 29.4 Å². The van der Waals surface area contributed by atoms with Crippen LogP contribution in [0.2, 0.25) is 0 Å². The third-order valence-electron chi connectivity index (χ3n) is 5.11. The Hall–Kier alpha value is -2.92. The molecule has 3 aromatic rings. The minimum atomic E-state index is -0.454. The van der Waals surface area contributed by atoms with Gasteiger partial charge in [0.25, 0.3) is 5.91 Å². The molecule has 2 N–H and O–H groups in total. The van der Waals surface area contributed by atoms with Crippen LogP contribution in [0.3, 0.4) is 0 Å². The number of imide groups is 1. The van der Waals surface area contributed by atoms with Gasteiger partial charge in [-0.15, -0.1) is 0 Å². The Balaban J connectivity index is 1.42. The summed E-state index contributed by atoms with van der Waals surface area (Å²) in [5.41, 5.74) is 5.24. The smallest absolute Gasteiger partial charge is 0.251 e. The summed E-state index contributed by atoms with van der Waals surface area (Å²) in [5.74, 6) is -0.314. The van der Waals surface area contributed by atoms with Gasteiger partial charge in [-0.05, 0) is 55.7 Å². The number of carbonyl (C=O) groups excluding carboxylic acids is 2. The second-order valence-corrected chi connectivity index (χ2v) is 7.23. The van der Waals surface area contributed by atoms with Gasteiger partial charge in [-0.2, -0.15) is 0 Å². The number of hydrogen-bond acceptors (Lipinski definition) is 3. The highest BCUT2D eigenvalue weighted by Gasteiger charge is 2.39. The maximum Gasteiger partial charge on any atom is 0.251 e. The molecule has 138 valence electrons. The minimum absolute atomic E-state index is 0.147. The number of benzene rings is 2. The topological polar surface area (TPSA) is 65.2 Å². The molecule has 0 bridgehead atoms. The number of aromatic nitrogens is 1. The predicted molar refractivity (Wildman–Crippen MR) is 107 cm³/mol. The van der Waals surface area contributed by atoms with Gasteiger partial charge >= 0.3 is 0 Å². The Morgan fingerprint density at radius 2 is 1.93 bits per heavy atom. The number of nitrogens with zero attached hydrogens (tertiary/aromatic N) is 1. The van der Waals surface area contributed by atoms with Crippen LogP contribution in [-0.2, 0) is 16.0 Å². The Bertz CT molecular complexity index is 1020. The van der Waals surface area contributed by atoms with Crippen LogP contribution in [0.4, 0.5) is 5.69 Å². The van der Waals surface area contributed by atoms with Crippen molar-refractivity contribution in [2.24, 2.45) is 0 Å². The molecule has 0 spiro atoms. The Morgan fingerprint density at radius 1 is 1.11 bits per heavy atom. The molecule has 0 unspecified atom stereocenters. The fraction of sp³-hybridized carbons (Fsp3) is 0.273. The molecule has 1 fully saturated rings. The number of nitrogens with one attached hydrogen (secondary N) is 2. The summed E-state index contributed by atoms with van der Waals surface area (Å²) in [4.78, 5) is 29.7. The molecule has 27 heavy (non-hydrogen) atoms. The van der Waals surface area contributed by atoms with Crippen molar-refractivity contribution in [3.05, 3.63) is 65.4 Å². The first-order valence-corrected chi connectivity index (χ1v) is 9.26. The van der Waals surface area contributed by atoms with Gasteiger partial charge in [0.05, 0.1) is 18.2 Å². The van der Waals surface area contributed by atoms with E-state index in [0.717, 1.165) is 17.5 Å². The molecule has 5 heteroatoms. The van der Waals surface area contributed by atoms with E-state index in [1.807, 2.05) is 31.3 Å². The molecule has 2 aromatic carbocycles. The largest absolute Gasteiger partial charge is 0.361 e. The van der Waals surface area contributed by atoms with E-state index in [9.17, 15) is 9.59 Å². The molecule has 4 rings (SSSR count). The predicted octanol–water partition coefficient (Wildman–Crippen LogP) is 3.25. The maximum absolute atomic E-state index is 12.7. The van der Waals surface area contributed by atoms with Crippen LogP contribution < -0.4 is 10.2 Å². The number of hydrogen-bond donors (Lipinski definition) is 2. The van der Waals surface area contributed by atoms with Crippen molar-refractivity contribution < 1.29 is 9.59 Å². The van der Waals surface area contributed by atoms with Crippen LogP contribution in [0.15, 0.2) is 48.7 Å². The summed E-state index contributed by atoms with van der Waals surface area (Å²) in [6.45, 7) is 4.68. The number of carbonyl (C=O) groups is 2. The van der Waals surface area contributed by atoms with Crippen LogP contribution in [0.25, 0.3) is 10.9 Å². The lowest BCUT2D eigenvalue weighted by molar-refractivity contribution is -0.121. The van der Waals surface area contributed by atoms with Crippen molar-refractivity contribution in [3.63, 3.8) is 0 Å². The van der Waals surface area contributed by atoms with Crippen molar-refractivity contribution in [2.75, 3.05) is 11.4 Å². The number of fused-ring (bicyclic) bond motifs is 1. The van der Waals surface area contributed by atoms with Gasteiger partial charge in [-0.25, -0.2) is 4.90 Å². The Kier molecular flexibility index (Phi) is 4.54. The first-order valence-electron chi connectivity index (χ1n) is 9.26. The Labute approximate surface area is 158 Å². The first-order chi connectivity index (χ1) is 13.0. The van der Waals surface area contributed by atoms with E-state index in [2.05, 4.69) is 35.4 Å². The number of H-pyrrole nitrogens is 1. The van der Waals surface area contributed by atoms with E-state index in [4.69, 9.17) is 0 Å². The normalized spacial score (nSPS) is 17.3. The maximum atomic E-state index is 12.7. The standard InChI is InChI=1S/C22H23N3O2/c1-14-4-3-5-17(10-14)25-21(26)12-20(22(25)27)23-9-8-16-13-24-19-7-6-15(2)11-18(16)19/h3-7,10-11,13,20,23-24H,8-9,12H2,1-2H3/t20-/m1/s1. The number of amides is 2. The highest BCUT2D eigenvalue weighted by atomic mass is 16.2. The molecule has 2 amide bonds. The Morgan fingerprint density at radius 3 is 2.74 bits per heavy atom. The highest BCUT2D eigenvalue weighted by molar-refractivity contribution is 6.22. The molecule has 0 radical (unpaired) electrons. The van der Waals surface area contributed by atoms with Gasteiger partial charge in [0.1, 0.15) is 0 Å². The molecule has 1 saturated heterocycles. The number of aryl methyl sites for hydroxylation is 2. The average Bonchev–Trinajstić information content (AvgIpc) is 3.15. The van der Waals surface area contributed by atoms with E-state index in [0.29, 0.717) is 12.2 Å². The molecule has 2 heterocycles. The van der Waals surface area contributed by atoms with E-state index >= 15 is 0 Å². The highest BCUT2D eigenvalue weighted by Crippen LogP contribution is 2.24. The van der Waals surface area contributed by atoms with Gasteiger partial charge in [-0.1, -0.05) is 23.8 Å². The van der Waals surface area contributed by atoms with E-state index < -0.39 is 6.04 Å². The van der Waals surface area contributed by atoms with Crippen molar-refractivity contribution >= 4 is 28.4 Å². The zero-order valence-electron chi connectivity index (χ0n) is 15.6. The monoisotopic (exact) mass is 361 g/mol. The zero-order valence-corrected chi connectivity index (χ0v) is 15.6. The summed E-state index contributed by atoms with van der Waals surface area (Å²) in [7, 11) is 0. The molecule has 1 aliphatic heterocycles. The van der Waals surface area contributed by atoms with Crippen molar-refractivity contribution in [1.82, 2.24) is 10.3 Å². The summed E-state index contributed by atoms with van der Waals surface area (Å²) in [5, 5.41) is 4.48. The summed E-state index contributed by atoms with van der Waals surface area (Å²) >= 11 is 0. The third kappa shape index (κ3) is 3.38. The lowest BCUT2D eigenvalue weighted by atomic mass is 10.1. The number of anilines is 1. The van der Waals surface area contributed by atoms with Gasteiger partial charge in [0.15, 0.2) is 0 Å². The number of rotatable bonds is 5.